The van der Waals surface area contributed by atoms with E-state index in [4.69, 9.17) is 4.74 Å². The van der Waals surface area contributed by atoms with Crippen LogP contribution >= 0.6 is 0 Å². The molecule has 0 unspecified atom stereocenters. The minimum atomic E-state index is -0.271. The van der Waals surface area contributed by atoms with Crippen molar-refractivity contribution in [3.8, 4) is 5.75 Å². The molecule has 27 heavy (non-hydrogen) atoms. The van der Waals surface area contributed by atoms with E-state index in [1.54, 1.807) is 12.0 Å². The molecule has 0 fully saturated rings. The standard InChI is InChI=1S/C22H28N2O3/c1-14(2)18-9-7-8-16(4)22(18)24(17(5)25)13-21(26)23-19-12-15(3)10-11-20(19)27-6/h7-12,14H,13H2,1-6H3,(H,23,26). The zero-order valence-electron chi connectivity index (χ0n) is 16.9. The van der Waals surface area contributed by atoms with Crippen LogP contribution in [0.4, 0.5) is 11.4 Å². The maximum Gasteiger partial charge on any atom is 0.244 e. The second kappa shape index (κ2) is 8.71. The summed E-state index contributed by atoms with van der Waals surface area (Å²) in [6, 6.07) is 11.5. The summed E-state index contributed by atoms with van der Waals surface area (Å²) in [7, 11) is 1.56. The highest BCUT2D eigenvalue weighted by molar-refractivity contribution is 6.03. The highest BCUT2D eigenvalue weighted by Gasteiger charge is 2.22. The molecule has 0 aliphatic rings. The number of methoxy groups -OCH3 is 1. The monoisotopic (exact) mass is 368 g/mol. The minimum absolute atomic E-state index is 0.0585. The van der Waals surface area contributed by atoms with Crippen LogP contribution in [-0.4, -0.2) is 25.5 Å². The lowest BCUT2D eigenvalue weighted by atomic mass is 9.97. The number of para-hydroxylation sites is 1. The molecule has 0 saturated heterocycles. The third-order valence-corrected chi connectivity index (χ3v) is 4.47. The van der Waals surface area contributed by atoms with Crippen LogP contribution in [0.25, 0.3) is 0 Å². The Bertz CT molecular complexity index is 843. The van der Waals surface area contributed by atoms with Crippen molar-refractivity contribution in [1.82, 2.24) is 0 Å². The number of hydrogen-bond acceptors (Lipinski definition) is 3. The number of benzene rings is 2. The molecule has 0 aliphatic carbocycles. The molecule has 0 heterocycles. The van der Waals surface area contributed by atoms with Gasteiger partial charge in [0.05, 0.1) is 18.5 Å². The molecular weight excluding hydrogens is 340 g/mol. The first-order valence-corrected chi connectivity index (χ1v) is 9.06. The summed E-state index contributed by atoms with van der Waals surface area (Å²) in [5.41, 5.74) is 4.44. The van der Waals surface area contributed by atoms with Gasteiger partial charge in [-0.1, -0.05) is 38.1 Å². The fourth-order valence-electron chi connectivity index (χ4n) is 3.12. The molecule has 0 radical (unpaired) electrons. The van der Waals surface area contributed by atoms with Crippen molar-refractivity contribution in [1.29, 1.82) is 0 Å². The van der Waals surface area contributed by atoms with Crippen molar-refractivity contribution in [2.24, 2.45) is 0 Å². The van der Waals surface area contributed by atoms with E-state index in [2.05, 4.69) is 19.2 Å². The van der Waals surface area contributed by atoms with Crippen LogP contribution in [0.2, 0.25) is 0 Å². The largest absolute Gasteiger partial charge is 0.495 e. The fraction of sp³-hybridized carbons (Fsp3) is 0.364. The van der Waals surface area contributed by atoms with Crippen molar-refractivity contribution >= 4 is 23.2 Å². The van der Waals surface area contributed by atoms with Gasteiger partial charge in [-0.2, -0.15) is 0 Å². The molecule has 144 valence electrons. The topological polar surface area (TPSA) is 58.6 Å². The Morgan fingerprint density at radius 2 is 1.85 bits per heavy atom. The number of aryl methyl sites for hydroxylation is 2. The molecule has 2 rings (SSSR count). The third kappa shape index (κ3) is 4.88. The zero-order valence-corrected chi connectivity index (χ0v) is 16.9. The van der Waals surface area contributed by atoms with E-state index in [0.29, 0.717) is 11.4 Å². The number of ether oxygens (including phenoxy) is 1. The van der Waals surface area contributed by atoms with Gasteiger partial charge in [0.1, 0.15) is 12.3 Å². The Kier molecular flexibility index (Phi) is 6.61. The lowest BCUT2D eigenvalue weighted by Crippen LogP contribution is -2.38. The summed E-state index contributed by atoms with van der Waals surface area (Å²) >= 11 is 0. The molecule has 5 heteroatoms. The number of carbonyl (C=O) groups excluding carboxylic acids is 2. The van der Waals surface area contributed by atoms with Gasteiger partial charge in [-0.05, 0) is 48.6 Å². The highest BCUT2D eigenvalue weighted by atomic mass is 16.5. The molecule has 1 N–H and O–H groups in total. The van der Waals surface area contributed by atoms with Gasteiger partial charge < -0.3 is 15.0 Å². The normalized spacial score (nSPS) is 10.6. The summed E-state index contributed by atoms with van der Waals surface area (Å²) in [6.07, 6.45) is 0. The van der Waals surface area contributed by atoms with Gasteiger partial charge in [-0.25, -0.2) is 0 Å². The summed E-state index contributed by atoms with van der Waals surface area (Å²) in [4.78, 5) is 26.6. The van der Waals surface area contributed by atoms with Crippen LogP contribution in [0.15, 0.2) is 36.4 Å². The quantitative estimate of drug-likeness (QED) is 0.821. The Morgan fingerprint density at radius 1 is 1.15 bits per heavy atom. The van der Waals surface area contributed by atoms with Gasteiger partial charge in [0.25, 0.3) is 0 Å². The fourth-order valence-corrected chi connectivity index (χ4v) is 3.12. The minimum Gasteiger partial charge on any atom is -0.495 e. The van der Waals surface area contributed by atoms with Crippen molar-refractivity contribution in [2.45, 2.75) is 40.5 Å². The number of anilines is 2. The molecule has 2 amide bonds. The molecule has 0 aliphatic heterocycles. The Hall–Kier alpha value is -2.82. The summed E-state index contributed by atoms with van der Waals surface area (Å²) in [5, 5.41) is 2.87. The van der Waals surface area contributed by atoms with Crippen LogP contribution in [0, 0.1) is 13.8 Å². The number of amides is 2. The molecule has 0 spiro atoms. The van der Waals surface area contributed by atoms with Crippen LogP contribution in [0.1, 0.15) is 43.4 Å². The predicted molar refractivity (Wildman–Crippen MR) is 110 cm³/mol. The zero-order chi connectivity index (χ0) is 20.1. The molecule has 5 nitrogen and oxygen atoms in total. The van der Waals surface area contributed by atoms with E-state index in [1.165, 1.54) is 6.92 Å². The number of carbonyl (C=O) groups is 2. The smallest absolute Gasteiger partial charge is 0.244 e. The van der Waals surface area contributed by atoms with Crippen LogP contribution < -0.4 is 15.0 Å². The van der Waals surface area contributed by atoms with Crippen molar-refractivity contribution in [3.05, 3.63) is 53.1 Å². The van der Waals surface area contributed by atoms with Crippen LogP contribution in [-0.2, 0) is 9.59 Å². The molecular formula is C22H28N2O3. The number of nitrogens with zero attached hydrogens (tertiary/aromatic N) is 1. The molecule has 2 aromatic carbocycles. The van der Waals surface area contributed by atoms with Crippen LogP contribution in [0.3, 0.4) is 0 Å². The van der Waals surface area contributed by atoms with E-state index in [1.807, 2.05) is 50.2 Å². The maximum atomic E-state index is 12.7. The van der Waals surface area contributed by atoms with Gasteiger partial charge in [0.2, 0.25) is 11.8 Å². The third-order valence-electron chi connectivity index (χ3n) is 4.47. The summed E-state index contributed by atoms with van der Waals surface area (Å²) in [5.74, 6) is 0.383. The first-order valence-electron chi connectivity index (χ1n) is 9.06. The van der Waals surface area contributed by atoms with Gasteiger partial charge in [0, 0.05) is 6.92 Å². The SMILES string of the molecule is COc1ccc(C)cc1NC(=O)CN(C(C)=O)c1c(C)cccc1C(C)C. The molecule has 0 saturated carbocycles. The predicted octanol–water partition coefficient (Wildman–Crippen LogP) is 4.43. The van der Waals surface area contributed by atoms with Gasteiger partial charge >= 0.3 is 0 Å². The van der Waals surface area contributed by atoms with E-state index >= 15 is 0 Å². The van der Waals surface area contributed by atoms with Gasteiger partial charge in [-0.3, -0.25) is 9.59 Å². The van der Waals surface area contributed by atoms with E-state index in [9.17, 15) is 9.59 Å². The first-order chi connectivity index (χ1) is 12.7. The Morgan fingerprint density at radius 3 is 2.44 bits per heavy atom. The lowest BCUT2D eigenvalue weighted by molar-refractivity contribution is -0.120. The van der Waals surface area contributed by atoms with E-state index in [0.717, 1.165) is 22.4 Å². The second-order valence-corrected chi connectivity index (χ2v) is 7.02. The van der Waals surface area contributed by atoms with Gasteiger partial charge in [0.15, 0.2) is 0 Å². The average Bonchev–Trinajstić information content (AvgIpc) is 2.59. The maximum absolute atomic E-state index is 12.7. The Balaban J connectivity index is 2.32. The molecule has 0 aromatic heterocycles. The van der Waals surface area contributed by atoms with Crippen molar-refractivity contribution in [3.63, 3.8) is 0 Å². The lowest BCUT2D eigenvalue weighted by Gasteiger charge is -2.27. The number of nitrogens with one attached hydrogen (secondary N) is 1. The van der Waals surface area contributed by atoms with Gasteiger partial charge in [-0.15, -0.1) is 0 Å². The Labute approximate surface area is 161 Å². The average molecular weight is 368 g/mol. The summed E-state index contributed by atoms with van der Waals surface area (Å²) in [6.45, 7) is 9.48. The van der Waals surface area contributed by atoms with E-state index < -0.39 is 0 Å². The summed E-state index contributed by atoms with van der Waals surface area (Å²) < 4.78 is 5.31. The number of rotatable bonds is 6. The van der Waals surface area contributed by atoms with Crippen molar-refractivity contribution < 1.29 is 14.3 Å². The van der Waals surface area contributed by atoms with Crippen molar-refractivity contribution in [2.75, 3.05) is 23.9 Å². The molecule has 0 atom stereocenters. The second-order valence-electron chi connectivity index (χ2n) is 7.02. The molecule has 2 aromatic rings. The van der Waals surface area contributed by atoms with Crippen LogP contribution in [0.5, 0.6) is 5.75 Å². The number of hydrogen-bond donors (Lipinski definition) is 1. The highest BCUT2D eigenvalue weighted by Crippen LogP contribution is 2.31. The van der Waals surface area contributed by atoms with E-state index in [-0.39, 0.29) is 24.3 Å². The molecule has 0 bridgehead atoms. The first kappa shape index (κ1) is 20.5.